The van der Waals surface area contributed by atoms with E-state index in [1.54, 1.807) is 0 Å². The zero-order chi connectivity index (χ0) is 10.9. The maximum absolute atomic E-state index is 12.7. The lowest BCUT2D eigenvalue weighted by Crippen LogP contribution is -2.21. The summed E-state index contributed by atoms with van der Waals surface area (Å²) in [5.41, 5.74) is 5.24. The fourth-order valence-corrected chi connectivity index (χ4v) is 1.47. The Bertz CT molecular complexity index is 384. The van der Waals surface area contributed by atoms with E-state index in [0.29, 0.717) is 0 Å². The average Bonchev–Trinajstić information content (AvgIpc) is 2.10. The molecule has 0 spiro atoms. The van der Waals surface area contributed by atoms with Crippen LogP contribution < -0.4 is 5.73 Å². The largest absolute Gasteiger partial charge is 0.480 e. The van der Waals surface area contributed by atoms with Gasteiger partial charge in [-0.2, -0.15) is 0 Å². The molecule has 0 unspecified atom stereocenters. The van der Waals surface area contributed by atoms with E-state index in [4.69, 9.17) is 10.8 Å². The lowest BCUT2D eigenvalue weighted by molar-refractivity contribution is -0.138. The van der Waals surface area contributed by atoms with Crippen molar-refractivity contribution in [1.82, 2.24) is 0 Å². The highest BCUT2D eigenvalue weighted by atomic mass is 79.9. The van der Waals surface area contributed by atoms with Gasteiger partial charge in [0.1, 0.15) is 6.04 Å². The predicted molar refractivity (Wildman–Crippen MR) is 48.6 cm³/mol. The molecule has 0 radical (unpaired) electrons. The van der Waals surface area contributed by atoms with Crippen LogP contribution >= 0.6 is 15.9 Å². The van der Waals surface area contributed by atoms with E-state index >= 15 is 0 Å². The highest BCUT2D eigenvalue weighted by Gasteiger charge is 2.19. The second-order valence-electron chi connectivity index (χ2n) is 2.60. The SMILES string of the molecule is N[C@@H](C(=O)O)c1cc(F)c(F)cc1Br. The lowest BCUT2D eigenvalue weighted by Gasteiger charge is -2.09. The van der Waals surface area contributed by atoms with Crippen molar-refractivity contribution in [2.24, 2.45) is 5.73 Å². The molecule has 6 heteroatoms. The number of rotatable bonds is 2. The van der Waals surface area contributed by atoms with E-state index in [2.05, 4.69) is 15.9 Å². The van der Waals surface area contributed by atoms with Gasteiger partial charge >= 0.3 is 5.97 Å². The van der Waals surface area contributed by atoms with Gasteiger partial charge in [-0.3, -0.25) is 4.79 Å². The summed E-state index contributed by atoms with van der Waals surface area (Å²) in [5.74, 6) is -3.49. The van der Waals surface area contributed by atoms with Crippen molar-refractivity contribution in [3.8, 4) is 0 Å². The summed E-state index contributed by atoms with van der Waals surface area (Å²) in [6.45, 7) is 0. The molecule has 0 aliphatic rings. The number of nitrogens with two attached hydrogens (primary N) is 1. The second kappa shape index (κ2) is 4.02. The lowest BCUT2D eigenvalue weighted by atomic mass is 10.1. The monoisotopic (exact) mass is 265 g/mol. The van der Waals surface area contributed by atoms with Gasteiger partial charge in [0.05, 0.1) is 0 Å². The molecule has 0 aliphatic carbocycles. The molecule has 0 heterocycles. The molecule has 1 aromatic carbocycles. The molecule has 1 atom stereocenters. The first-order chi connectivity index (χ1) is 6.43. The van der Waals surface area contributed by atoms with E-state index in [1.165, 1.54) is 0 Å². The number of benzene rings is 1. The standard InChI is InChI=1S/C8H6BrF2NO2/c9-4-2-6(11)5(10)1-3(4)7(12)8(13)14/h1-2,7H,12H2,(H,13,14)/t7-/m1/s1. The van der Waals surface area contributed by atoms with Crippen LogP contribution in [0.2, 0.25) is 0 Å². The summed E-state index contributed by atoms with van der Waals surface area (Å²) in [5, 5.41) is 8.56. The minimum Gasteiger partial charge on any atom is -0.480 e. The molecule has 1 rings (SSSR count). The molecule has 3 N–H and O–H groups in total. The van der Waals surface area contributed by atoms with Crippen molar-refractivity contribution in [1.29, 1.82) is 0 Å². The van der Waals surface area contributed by atoms with Gasteiger partial charge in [-0.1, -0.05) is 15.9 Å². The molecule has 0 bridgehead atoms. The number of carboxylic acids is 1. The molecule has 1 aromatic rings. The van der Waals surface area contributed by atoms with Gasteiger partial charge in [-0.05, 0) is 17.7 Å². The van der Waals surface area contributed by atoms with Crippen LogP contribution in [0.25, 0.3) is 0 Å². The van der Waals surface area contributed by atoms with Crippen LogP contribution in [0.3, 0.4) is 0 Å². The third-order valence-corrected chi connectivity index (χ3v) is 2.33. The Morgan fingerprint density at radius 2 is 1.93 bits per heavy atom. The Hall–Kier alpha value is -1.01. The Morgan fingerprint density at radius 3 is 2.43 bits per heavy atom. The Labute approximate surface area is 86.7 Å². The minimum atomic E-state index is -1.38. The minimum absolute atomic E-state index is 0.00333. The van der Waals surface area contributed by atoms with Crippen LogP contribution in [0.1, 0.15) is 11.6 Å². The van der Waals surface area contributed by atoms with Crippen LogP contribution in [-0.4, -0.2) is 11.1 Å². The third-order valence-electron chi connectivity index (χ3n) is 1.64. The summed E-state index contributed by atoms with van der Waals surface area (Å²) in [6.07, 6.45) is 0. The van der Waals surface area contributed by atoms with Crippen molar-refractivity contribution >= 4 is 21.9 Å². The molecule has 0 aromatic heterocycles. The van der Waals surface area contributed by atoms with Gasteiger partial charge in [-0.15, -0.1) is 0 Å². The first-order valence-corrected chi connectivity index (χ1v) is 4.35. The smallest absolute Gasteiger partial charge is 0.325 e. The zero-order valence-corrected chi connectivity index (χ0v) is 8.38. The Morgan fingerprint density at radius 1 is 1.43 bits per heavy atom. The van der Waals surface area contributed by atoms with Gasteiger partial charge in [0.2, 0.25) is 0 Å². The Balaban J connectivity index is 3.22. The van der Waals surface area contributed by atoms with E-state index in [9.17, 15) is 13.6 Å². The van der Waals surface area contributed by atoms with Crippen molar-refractivity contribution < 1.29 is 18.7 Å². The van der Waals surface area contributed by atoms with E-state index in [-0.39, 0.29) is 10.0 Å². The van der Waals surface area contributed by atoms with Crippen LogP contribution in [0, 0.1) is 11.6 Å². The maximum Gasteiger partial charge on any atom is 0.325 e. The summed E-state index contributed by atoms with van der Waals surface area (Å²) in [6, 6.07) is 0.227. The van der Waals surface area contributed by atoms with Crippen molar-refractivity contribution in [3.63, 3.8) is 0 Å². The van der Waals surface area contributed by atoms with Gasteiger partial charge in [0, 0.05) is 4.47 Å². The van der Waals surface area contributed by atoms with Crippen molar-refractivity contribution in [3.05, 3.63) is 33.8 Å². The molecule has 0 aliphatic heterocycles. The summed E-state index contributed by atoms with van der Waals surface area (Å²) >= 11 is 2.90. The van der Waals surface area contributed by atoms with Crippen LogP contribution in [0.15, 0.2) is 16.6 Å². The normalized spacial score (nSPS) is 12.6. The topological polar surface area (TPSA) is 63.3 Å². The molecule has 0 saturated heterocycles. The third kappa shape index (κ3) is 2.08. The van der Waals surface area contributed by atoms with Gasteiger partial charge in [0.15, 0.2) is 11.6 Å². The molecule has 0 fully saturated rings. The number of halogens is 3. The predicted octanol–water partition coefficient (Wildman–Crippen LogP) is 1.81. The van der Waals surface area contributed by atoms with E-state index in [1.807, 2.05) is 0 Å². The van der Waals surface area contributed by atoms with E-state index < -0.39 is 23.6 Å². The number of carboxylic acid groups (broad SMARTS) is 1. The van der Waals surface area contributed by atoms with Gasteiger partial charge in [-0.25, -0.2) is 8.78 Å². The summed E-state index contributed by atoms with van der Waals surface area (Å²) < 4.78 is 25.5. The van der Waals surface area contributed by atoms with Gasteiger partial charge in [0.25, 0.3) is 0 Å². The zero-order valence-electron chi connectivity index (χ0n) is 6.80. The molecule has 0 amide bonds. The molecule has 14 heavy (non-hydrogen) atoms. The fourth-order valence-electron chi connectivity index (χ4n) is 0.909. The number of carbonyl (C=O) groups is 1. The van der Waals surface area contributed by atoms with Crippen LogP contribution in [0.5, 0.6) is 0 Å². The first-order valence-electron chi connectivity index (χ1n) is 3.56. The van der Waals surface area contributed by atoms with Crippen molar-refractivity contribution in [2.75, 3.05) is 0 Å². The molecular weight excluding hydrogens is 260 g/mol. The molecular formula is C8H6BrF2NO2. The number of hydrogen-bond acceptors (Lipinski definition) is 2. The first kappa shape index (κ1) is 11.1. The highest BCUT2D eigenvalue weighted by Crippen LogP contribution is 2.25. The molecule has 3 nitrogen and oxygen atoms in total. The van der Waals surface area contributed by atoms with Crippen LogP contribution in [-0.2, 0) is 4.79 Å². The maximum atomic E-state index is 12.7. The Kier molecular flexibility index (Phi) is 3.17. The van der Waals surface area contributed by atoms with E-state index in [0.717, 1.165) is 12.1 Å². The number of hydrogen-bond donors (Lipinski definition) is 2. The highest BCUT2D eigenvalue weighted by molar-refractivity contribution is 9.10. The average molecular weight is 266 g/mol. The van der Waals surface area contributed by atoms with Crippen molar-refractivity contribution in [2.45, 2.75) is 6.04 Å². The molecule has 0 saturated carbocycles. The fraction of sp³-hybridized carbons (Fsp3) is 0.125. The van der Waals surface area contributed by atoms with Gasteiger partial charge < -0.3 is 10.8 Å². The summed E-state index contributed by atoms with van der Waals surface area (Å²) in [7, 11) is 0. The quantitative estimate of drug-likeness (QED) is 0.802. The molecule has 76 valence electrons. The summed E-state index contributed by atoms with van der Waals surface area (Å²) in [4.78, 5) is 10.5. The van der Waals surface area contributed by atoms with Crippen LogP contribution in [0.4, 0.5) is 8.78 Å². The second-order valence-corrected chi connectivity index (χ2v) is 3.46. The number of aliphatic carboxylic acids is 1.